The van der Waals surface area contributed by atoms with Gasteiger partial charge in [-0.2, -0.15) is 0 Å². The Morgan fingerprint density at radius 1 is 1.39 bits per heavy atom. The van der Waals surface area contributed by atoms with Gasteiger partial charge in [0.1, 0.15) is 0 Å². The average molecular weight is 267 g/mol. The van der Waals surface area contributed by atoms with E-state index in [4.69, 9.17) is 5.73 Å². The quantitative estimate of drug-likeness (QED) is 0.911. The Labute approximate surface area is 114 Å². The summed E-state index contributed by atoms with van der Waals surface area (Å²) < 4.78 is 0. The Balaban J connectivity index is 1.99. The highest BCUT2D eigenvalue weighted by atomic mass is 32.1. The lowest BCUT2D eigenvalue weighted by Crippen LogP contribution is -2.58. The first-order valence-electron chi connectivity index (χ1n) is 6.92. The fraction of sp³-hybridized carbons (Fsp3) is 0.786. The second kappa shape index (κ2) is 5.68. The summed E-state index contributed by atoms with van der Waals surface area (Å²) in [5.74, 6) is 0. The number of piperidine rings is 1. The van der Waals surface area contributed by atoms with E-state index in [1.165, 1.54) is 37.4 Å². The van der Waals surface area contributed by atoms with Crippen LogP contribution in [0.4, 0.5) is 0 Å². The second-order valence-electron chi connectivity index (χ2n) is 5.89. The summed E-state index contributed by atoms with van der Waals surface area (Å²) in [7, 11) is 0. The molecule has 1 fully saturated rings. The van der Waals surface area contributed by atoms with Crippen molar-refractivity contribution in [3.63, 3.8) is 0 Å². The summed E-state index contributed by atoms with van der Waals surface area (Å²) in [5.41, 5.74) is 7.63. The van der Waals surface area contributed by atoms with Crippen LogP contribution in [-0.2, 0) is 6.42 Å². The van der Waals surface area contributed by atoms with Gasteiger partial charge in [-0.3, -0.25) is 4.90 Å². The lowest BCUT2D eigenvalue weighted by molar-refractivity contribution is 0.0731. The van der Waals surface area contributed by atoms with Crippen LogP contribution in [0.3, 0.4) is 0 Å². The van der Waals surface area contributed by atoms with Crippen LogP contribution < -0.4 is 5.73 Å². The van der Waals surface area contributed by atoms with E-state index < -0.39 is 0 Å². The normalized spacial score (nSPS) is 20.0. The number of thiazole rings is 1. The first kappa shape index (κ1) is 14.0. The lowest BCUT2D eigenvalue weighted by Gasteiger charge is -2.44. The fourth-order valence-corrected chi connectivity index (χ4v) is 3.47. The van der Waals surface area contributed by atoms with E-state index in [9.17, 15) is 0 Å². The summed E-state index contributed by atoms with van der Waals surface area (Å²) in [5, 5.41) is 3.28. The SMILES string of the molecule is Cc1csc(CC(N)C(C)(C)N2CCCCC2)n1. The minimum absolute atomic E-state index is 0.0694. The standard InChI is InChI=1S/C14H25N3S/c1-11-10-18-13(16-11)9-12(15)14(2,3)17-7-5-4-6-8-17/h10,12H,4-9,15H2,1-3H3. The molecule has 18 heavy (non-hydrogen) atoms. The molecule has 0 spiro atoms. The highest BCUT2D eigenvalue weighted by Gasteiger charge is 2.34. The van der Waals surface area contributed by atoms with Crippen LogP contribution in [0, 0.1) is 6.92 Å². The maximum absolute atomic E-state index is 6.45. The largest absolute Gasteiger partial charge is 0.326 e. The fourth-order valence-electron chi connectivity index (χ4n) is 2.64. The molecule has 1 aliphatic rings. The molecule has 1 aromatic heterocycles. The molecule has 2 N–H and O–H groups in total. The predicted octanol–water partition coefficient (Wildman–Crippen LogP) is 2.59. The average Bonchev–Trinajstić information content (AvgIpc) is 2.76. The lowest BCUT2D eigenvalue weighted by atomic mass is 9.89. The van der Waals surface area contributed by atoms with Gasteiger partial charge in [0.2, 0.25) is 0 Å². The molecule has 3 nitrogen and oxygen atoms in total. The van der Waals surface area contributed by atoms with Crippen LogP contribution in [0.25, 0.3) is 0 Å². The maximum Gasteiger partial charge on any atom is 0.0944 e. The Kier molecular flexibility index (Phi) is 4.41. The zero-order valence-corrected chi connectivity index (χ0v) is 12.6. The third-order valence-electron chi connectivity index (χ3n) is 4.14. The van der Waals surface area contributed by atoms with Gasteiger partial charge in [-0.15, -0.1) is 11.3 Å². The highest BCUT2D eigenvalue weighted by molar-refractivity contribution is 7.09. The first-order valence-corrected chi connectivity index (χ1v) is 7.80. The molecule has 1 aromatic rings. The molecule has 1 unspecified atom stereocenters. The van der Waals surface area contributed by atoms with Crippen molar-refractivity contribution in [2.24, 2.45) is 5.73 Å². The van der Waals surface area contributed by atoms with E-state index in [1.54, 1.807) is 11.3 Å². The minimum Gasteiger partial charge on any atom is -0.326 e. The number of nitrogens with two attached hydrogens (primary N) is 1. The summed E-state index contributed by atoms with van der Waals surface area (Å²) >= 11 is 1.73. The van der Waals surface area contributed by atoms with E-state index in [-0.39, 0.29) is 11.6 Å². The Morgan fingerprint density at radius 3 is 2.61 bits per heavy atom. The minimum atomic E-state index is 0.0694. The molecule has 0 saturated carbocycles. The van der Waals surface area contributed by atoms with Gasteiger partial charge in [0.25, 0.3) is 0 Å². The van der Waals surface area contributed by atoms with Gasteiger partial charge in [-0.25, -0.2) is 4.98 Å². The zero-order chi connectivity index (χ0) is 13.2. The smallest absolute Gasteiger partial charge is 0.0944 e. The van der Waals surface area contributed by atoms with Crippen molar-refractivity contribution in [2.45, 2.75) is 58.0 Å². The number of rotatable bonds is 4. The van der Waals surface area contributed by atoms with Crippen LogP contribution in [0.5, 0.6) is 0 Å². The Hall–Kier alpha value is -0.450. The Bertz CT molecular complexity index is 380. The van der Waals surface area contributed by atoms with Crippen molar-refractivity contribution >= 4 is 11.3 Å². The van der Waals surface area contributed by atoms with E-state index in [2.05, 4.69) is 29.1 Å². The second-order valence-corrected chi connectivity index (χ2v) is 6.84. The highest BCUT2D eigenvalue weighted by Crippen LogP contribution is 2.25. The van der Waals surface area contributed by atoms with Crippen LogP contribution >= 0.6 is 11.3 Å². The van der Waals surface area contributed by atoms with Crippen LogP contribution in [0.2, 0.25) is 0 Å². The molecule has 2 rings (SSSR count). The van der Waals surface area contributed by atoms with Gasteiger partial charge < -0.3 is 5.73 Å². The summed E-state index contributed by atoms with van der Waals surface area (Å²) in [4.78, 5) is 7.09. The summed E-state index contributed by atoms with van der Waals surface area (Å²) in [6, 6.07) is 0.154. The number of hydrogen-bond acceptors (Lipinski definition) is 4. The Morgan fingerprint density at radius 2 is 2.06 bits per heavy atom. The number of nitrogens with zero attached hydrogens (tertiary/aromatic N) is 2. The van der Waals surface area contributed by atoms with Gasteiger partial charge in [-0.05, 0) is 46.7 Å². The van der Waals surface area contributed by atoms with E-state index >= 15 is 0 Å². The third kappa shape index (κ3) is 3.11. The van der Waals surface area contributed by atoms with Crippen LogP contribution in [0.15, 0.2) is 5.38 Å². The zero-order valence-electron chi connectivity index (χ0n) is 11.8. The van der Waals surface area contributed by atoms with Gasteiger partial charge >= 0.3 is 0 Å². The molecular formula is C14H25N3S. The molecule has 0 bridgehead atoms. The number of hydrogen-bond donors (Lipinski definition) is 1. The molecular weight excluding hydrogens is 242 g/mol. The molecule has 0 radical (unpaired) electrons. The molecule has 0 aliphatic carbocycles. The number of likely N-dealkylation sites (tertiary alicyclic amines) is 1. The molecule has 2 heterocycles. The van der Waals surface area contributed by atoms with Gasteiger partial charge in [0.05, 0.1) is 5.01 Å². The maximum atomic E-state index is 6.45. The first-order chi connectivity index (χ1) is 8.50. The van der Waals surface area contributed by atoms with Crippen molar-refractivity contribution in [1.29, 1.82) is 0 Å². The molecule has 4 heteroatoms. The third-order valence-corrected chi connectivity index (χ3v) is 5.13. The van der Waals surface area contributed by atoms with Gasteiger partial charge in [-0.1, -0.05) is 6.42 Å². The monoisotopic (exact) mass is 267 g/mol. The van der Waals surface area contributed by atoms with Crippen molar-refractivity contribution in [3.8, 4) is 0 Å². The van der Waals surface area contributed by atoms with Crippen LogP contribution in [-0.4, -0.2) is 34.6 Å². The molecule has 1 saturated heterocycles. The van der Waals surface area contributed by atoms with Crippen molar-refractivity contribution in [3.05, 3.63) is 16.1 Å². The van der Waals surface area contributed by atoms with Crippen molar-refractivity contribution in [1.82, 2.24) is 9.88 Å². The van der Waals surface area contributed by atoms with Crippen molar-refractivity contribution in [2.75, 3.05) is 13.1 Å². The van der Waals surface area contributed by atoms with Crippen molar-refractivity contribution < 1.29 is 0 Å². The number of aromatic nitrogens is 1. The van der Waals surface area contributed by atoms with E-state index in [1.807, 2.05) is 6.92 Å². The molecule has 102 valence electrons. The van der Waals surface area contributed by atoms with E-state index in [0.29, 0.717) is 0 Å². The molecule has 0 amide bonds. The van der Waals surface area contributed by atoms with Gasteiger partial charge in [0, 0.05) is 29.1 Å². The van der Waals surface area contributed by atoms with Gasteiger partial charge in [0.15, 0.2) is 0 Å². The molecule has 1 aliphatic heterocycles. The summed E-state index contributed by atoms with van der Waals surface area (Å²) in [6.45, 7) is 8.99. The number of aryl methyl sites for hydroxylation is 1. The predicted molar refractivity (Wildman–Crippen MR) is 78.0 cm³/mol. The molecule has 1 atom stereocenters. The summed E-state index contributed by atoms with van der Waals surface area (Å²) in [6.07, 6.45) is 4.88. The van der Waals surface area contributed by atoms with E-state index in [0.717, 1.165) is 12.1 Å². The topological polar surface area (TPSA) is 42.1 Å². The molecule has 0 aromatic carbocycles. The van der Waals surface area contributed by atoms with Crippen LogP contribution in [0.1, 0.15) is 43.8 Å².